The van der Waals surface area contributed by atoms with Gasteiger partial charge in [-0.05, 0) is 43.0 Å². The molecule has 2 amide bonds. The van der Waals surface area contributed by atoms with E-state index in [1.807, 2.05) is 4.90 Å². The Morgan fingerprint density at radius 2 is 2.14 bits per heavy atom. The zero-order chi connectivity index (χ0) is 14.5. The van der Waals surface area contributed by atoms with E-state index in [1.54, 1.807) is 11.3 Å². The van der Waals surface area contributed by atoms with Crippen molar-refractivity contribution in [2.45, 2.75) is 57.4 Å². The van der Waals surface area contributed by atoms with Gasteiger partial charge in [0, 0.05) is 18.0 Å². The number of amides is 2. The summed E-state index contributed by atoms with van der Waals surface area (Å²) in [6.45, 7) is 1.74. The van der Waals surface area contributed by atoms with Crippen LogP contribution in [0.25, 0.3) is 0 Å². The van der Waals surface area contributed by atoms with Crippen LogP contribution in [0.1, 0.15) is 62.3 Å². The number of likely N-dealkylation sites (tertiary alicyclic amines) is 1. The van der Waals surface area contributed by atoms with Gasteiger partial charge in [-0.2, -0.15) is 0 Å². The maximum Gasteiger partial charge on any atom is 0.317 e. The lowest BCUT2D eigenvalue weighted by Crippen LogP contribution is -2.39. The first-order valence-electron chi connectivity index (χ1n) is 8.42. The molecular formula is C17H26N2OS. The lowest BCUT2D eigenvalue weighted by atomic mass is 10.0. The molecule has 4 heteroatoms. The fourth-order valence-corrected chi connectivity index (χ4v) is 4.65. The van der Waals surface area contributed by atoms with Gasteiger partial charge in [0.25, 0.3) is 0 Å². The third-order valence-corrected chi connectivity index (χ3v) is 5.90. The van der Waals surface area contributed by atoms with Crippen LogP contribution in [0.4, 0.5) is 4.79 Å². The average molecular weight is 306 g/mol. The summed E-state index contributed by atoms with van der Waals surface area (Å²) in [4.78, 5) is 15.7. The van der Waals surface area contributed by atoms with Crippen LogP contribution in [0.3, 0.4) is 0 Å². The van der Waals surface area contributed by atoms with Gasteiger partial charge in [-0.1, -0.05) is 31.7 Å². The van der Waals surface area contributed by atoms with Gasteiger partial charge in [0.1, 0.15) is 0 Å². The lowest BCUT2D eigenvalue weighted by Gasteiger charge is -2.24. The van der Waals surface area contributed by atoms with E-state index in [9.17, 15) is 4.79 Å². The number of urea groups is 1. The summed E-state index contributed by atoms with van der Waals surface area (Å²) >= 11 is 1.76. The third kappa shape index (κ3) is 3.79. The van der Waals surface area contributed by atoms with E-state index in [-0.39, 0.29) is 6.03 Å². The highest BCUT2D eigenvalue weighted by Gasteiger charge is 2.30. The van der Waals surface area contributed by atoms with Crippen LogP contribution < -0.4 is 5.32 Å². The predicted molar refractivity (Wildman–Crippen MR) is 87.6 cm³/mol. The van der Waals surface area contributed by atoms with Crippen molar-refractivity contribution < 1.29 is 4.79 Å². The molecule has 2 fully saturated rings. The largest absolute Gasteiger partial charge is 0.338 e. The van der Waals surface area contributed by atoms with E-state index in [2.05, 4.69) is 22.8 Å². The second-order valence-corrected chi connectivity index (χ2v) is 7.37. The normalized spacial score (nSPS) is 22.9. The Morgan fingerprint density at radius 1 is 1.29 bits per heavy atom. The van der Waals surface area contributed by atoms with Gasteiger partial charge in [0.15, 0.2) is 0 Å². The molecule has 1 aliphatic heterocycles. The zero-order valence-electron chi connectivity index (χ0n) is 12.7. The highest BCUT2D eigenvalue weighted by Crippen LogP contribution is 2.34. The van der Waals surface area contributed by atoms with E-state index >= 15 is 0 Å². The van der Waals surface area contributed by atoms with Crippen molar-refractivity contribution in [1.29, 1.82) is 0 Å². The molecule has 1 saturated carbocycles. The minimum Gasteiger partial charge on any atom is -0.338 e. The minimum absolute atomic E-state index is 0.136. The molecular weight excluding hydrogens is 280 g/mol. The number of carbonyl (C=O) groups is 1. The van der Waals surface area contributed by atoms with Crippen LogP contribution in [0.2, 0.25) is 0 Å². The van der Waals surface area contributed by atoms with E-state index in [4.69, 9.17) is 0 Å². The quantitative estimate of drug-likeness (QED) is 0.794. The summed E-state index contributed by atoms with van der Waals surface area (Å²) in [5.41, 5.74) is 0. The van der Waals surface area contributed by atoms with Crippen molar-refractivity contribution in [3.05, 3.63) is 22.4 Å². The fraction of sp³-hybridized carbons (Fsp3) is 0.706. The van der Waals surface area contributed by atoms with Gasteiger partial charge >= 0.3 is 6.03 Å². The number of hydrogen-bond acceptors (Lipinski definition) is 2. The van der Waals surface area contributed by atoms with Crippen molar-refractivity contribution in [3.63, 3.8) is 0 Å². The summed E-state index contributed by atoms with van der Waals surface area (Å²) < 4.78 is 0. The standard InChI is InChI=1S/C17H26N2OS/c20-17(18-11-3-8-14-6-1-2-7-14)19-12-4-9-15(19)16-10-5-13-21-16/h5,10,13-15H,1-4,6-9,11-12H2,(H,18,20). The number of hydrogen-bond donors (Lipinski definition) is 1. The molecule has 3 nitrogen and oxygen atoms in total. The number of rotatable bonds is 5. The molecule has 2 aliphatic rings. The van der Waals surface area contributed by atoms with E-state index in [0.29, 0.717) is 6.04 Å². The second kappa shape index (κ2) is 7.30. The number of thiophene rings is 1. The smallest absolute Gasteiger partial charge is 0.317 e. The van der Waals surface area contributed by atoms with Crippen LogP contribution in [-0.2, 0) is 0 Å². The van der Waals surface area contributed by atoms with Crippen LogP contribution >= 0.6 is 11.3 Å². The first-order valence-corrected chi connectivity index (χ1v) is 9.30. The Balaban J connectivity index is 1.42. The van der Waals surface area contributed by atoms with Gasteiger partial charge in [-0.3, -0.25) is 0 Å². The Morgan fingerprint density at radius 3 is 2.90 bits per heavy atom. The van der Waals surface area contributed by atoms with Crippen molar-refractivity contribution >= 4 is 17.4 Å². The topological polar surface area (TPSA) is 32.3 Å². The van der Waals surface area contributed by atoms with Crippen LogP contribution in [0, 0.1) is 5.92 Å². The van der Waals surface area contributed by atoms with Crippen molar-refractivity contribution in [1.82, 2.24) is 10.2 Å². The van der Waals surface area contributed by atoms with E-state index in [0.717, 1.165) is 38.3 Å². The van der Waals surface area contributed by atoms with Gasteiger partial charge in [0.05, 0.1) is 6.04 Å². The Kier molecular flexibility index (Phi) is 5.17. The van der Waals surface area contributed by atoms with Crippen molar-refractivity contribution in [3.8, 4) is 0 Å². The molecule has 1 N–H and O–H groups in total. The van der Waals surface area contributed by atoms with Gasteiger partial charge < -0.3 is 10.2 Å². The molecule has 0 aromatic carbocycles. The van der Waals surface area contributed by atoms with Gasteiger partial charge in [-0.15, -0.1) is 11.3 Å². The summed E-state index contributed by atoms with van der Waals surface area (Å²) in [6.07, 6.45) is 10.3. The molecule has 21 heavy (non-hydrogen) atoms. The van der Waals surface area contributed by atoms with Crippen LogP contribution in [-0.4, -0.2) is 24.0 Å². The van der Waals surface area contributed by atoms with Gasteiger partial charge in [0.2, 0.25) is 0 Å². The highest BCUT2D eigenvalue weighted by molar-refractivity contribution is 7.10. The van der Waals surface area contributed by atoms with Crippen LogP contribution in [0.15, 0.2) is 17.5 Å². The molecule has 1 aromatic heterocycles. The maximum absolute atomic E-state index is 12.4. The number of nitrogens with one attached hydrogen (secondary N) is 1. The SMILES string of the molecule is O=C(NCCCC1CCCC1)N1CCCC1c1cccs1. The maximum atomic E-state index is 12.4. The Bertz CT molecular complexity index is 440. The van der Waals surface area contributed by atoms with Crippen molar-refractivity contribution in [2.75, 3.05) is 13.1 Å². The summed E-state index contributed by atoms with van der Waals surface area (Å²) in [7, 11) is 0. The summed E-state index contributed by atoms with van der Waals surface area (Å²) in [6, 6.07) is 4.67. The molecule has 1 saturated heterocycles. The fourth-order valence-electron chi connectivity index (χ4n) is 3.77. The second-order valence-electron chi connectivity index (χ2n) is 6.39. The molecule has 3 rings (SSSR count). The first kappa shape index (κ1) is 14.9. The molecule has 1 atom stereocenters. The van der Waals surface area contributed by atoms with E-state index in [1.165, 1.54) is 37.0 Å². The number of carbonyl (C=O) groups excluding carboxylic acids is 1. The molecule has 0 spiro atoms. The lowest BCUT2D eigenvalue weighted by molar-refractivity contribution is 0.193. The van der Waals surface area contributed by atoms with E-state index < -0.39 is 0 Å². The highest BCUT2D eigenvalue weighted by atomic mass is 32.1. The molecule has 1 aromatic rings. The molecule has 2 heterocycles. The Labute approximate surface area is 131 Å². The third-order valence-electron chi connectivity index (χ3n) is 4.93. The molecule has 1 unspecified atom stereocenters. The first-order chi connectivity index (χ1) is 10.3. The number of nitrogens with zero attached hydrogens (tertiary/aromatic N) is 1. The minimum atomic E-state index is 0.136. The molecule has 0 radical (unpaired) electrons. The predicted octanol–water partition coefficient (Wildman–Crippen LogP) is 4.57. The van der Waals surface area contributed by atoms with Crippen molar-refractivity contribution in [2.24, 2.45) is 5.92 Å². The monoisotopic (exact) mass is 306 g/mol. The summed E-state index contributed by atoms with van der Waals surface area (Å²) in [5.74, 6) is 0.924. The zero-order valence-corrected chi connectivity index (χ0v) is 13.5. The van der Waals surface area contributed by atoms with Gasteiger partial charge in [-0.25, -0.2) is 4.79 Å². The Hall–Kier alpha value is -1.03. The summed E-state index contributed by atoms with van der Waals surface area (Å²) in [5, 5.41) is 5.23. The molecule has 0 bridgehead atoms. The van der Waals surface area contributed by atoms with Crippen LogP contribution in [0.5, 0.6) is 0 Å². The molecule has 1 aliphatic carbocycles. The molecule has 116 valence electrons. The average Bonchev–Trinajstić information content (AvgIpc) is 3.24.